The Balaban J connectivity index is 2.18. The topological polar surface area (TPSA) is 92.7 Å². The summed E-state index contributed by atoms with van der Waals surface area (Å²) in [5, 5.41) is 0. The van der Waals surface area contributed by atoms with Crippen LogP contribution in [0, 0.1) is 0 Å². The second-order valence-corrected chi connectivity index (χ2v) is 4.82. The van der Waals surface area contributed by atoms with Gasteiger partial charge in [-0.3, -0.25) is 0 Å². The molecule has 1 saturated heterocycles. The highest BCUT2D eigenvalue weighted by Crippen LogP contribution is 2.31. The van der Waals surface area contributed by atoms with Gasteiger partial charge >= 0.3 is 11.9 Å². The van der Waals surface area contributed by atoms with Crippen molar-refractivity contribution >= 4 is 17.8 Å². The average molecular weight is 287 g/mol. The van der Waals surface area contributed by atoms with Gasteiger partial charge in [0.15, 0.2) is 24.0 Å². The number of nitrogens with zero attached hydrogens (tertiary/aromatic N) is 1. The van der Waals surface area contributed by atoms with E-state index in [2.05, 4.69) is 14.5 Å². The zero-order chi connectivity index (χ0) is 14.9. The van der Waals surface area contributed by atoms with Crippen molar-refractivity contribution in [1.82, 2.24) is 0 Å². The fourth-order valence-corrected chi connectivity index (χ4v) is 2.04. The average Bonchev–Trinajstić information content (AvgIpc) is 3.00. The van der Waals surface area contributed by atoms with Crippen LogP contribution in [0.25, 0.3) is 0 Å². The molecule has 0 bridgehead atoms. The Morgan fingerprint density at radius 2 is 1.85 bits per heavy atom. The van der Waals surface area contributed by atoms with Gasteiger partial charge in [0.25, 0.3) is 0 Å². The zero-order valence-electron chi connectivity index (χ0n) is 11.7. The van der Waals surface area contributed by atoms with E-state index in [-0.39, 0.29) is 12.5 Å². The Morgan fingerprint density at radius 3 is 2.45 bits per heavy atom. The highest BCUT2D eigenvalue weighted by molar-refractivity contribution is 5.92. The molecule has 8 heteroatoms. The number of carbonyl (C=O) groups excluding carboxylic acids is 2. The van der Waals surface area contributed by atoms with Gasteiger partial charge in [0.1, 0.15) is 6.61 Å². The fraction of sp³-hybridized carbons (Fsp3) is 0.750. The van der Waals surface area contributed by atoms with E-state index in [4.69, 9.17) is 14.2 Å². The van der Waals surface area contributed by atoms with Gasteiger partial charge in [-0.1, -0.05) is 0 Å². The molecule has 0 aromatic heterocycles. The number of carbonyl (C=O) groups is 2. The van der Waals surface area contributed by atoms with Crippen LogP contribution in [0.1, 0.15) is 13.8 Å². The standard InChI is InChI=1S/C12H17NO7/c1-12(2)19-7(8(20-12)11(15)17-4)9-13-6(5-18-9)10(14)16-3/h6-8H,5H2,1-4H3/t6-,7+,8+/m0/s1. The zero-order valence-corrected chi connectivity index (χ0v) is 11.7. The van der Waals surface area contributed by atoms with Gasteiger partial charge in [-0.25, -0.2) is 14.6 Å². The van der Waals surface area contributed by atoms with Crippen LogP contribution in [0.2, 0.25) is 0 Å². The van der Waals surface area contributed by atoms with Crippen molar-refractivity contribution in [2.75, 3.05) is 20.8 Å². The molecule has 0 unspecified atom stereocenters. The van der Waals surface area contributed by atoms with E-state index in [1.807, 2.05) is 0 Å². The molecule has 0 radical (unpaired) electrons. The molecule has 0 aliphatic carbocycles. The van der Waals surface area contributed by atoms with E-state index in [0.717, 1.165) is 0 Å². The SMILES string of the molecule is COC(=O)[C@@H]1COC([C@@H]2OC(C)(C)O[C@H]2C(=O)OC)=N1. The quantitative estimate of drug-likeness (QED) is 0.655. The maximum Gasteiger partial charge on any atom is 0.338 e. The summed E-state index contributed by atoms with van der Waals surface area (Å²) < 4.78 is 25.7. The molecular formula is C12H17NO7. The molecule has 2 aliphatic heterocycles. The Hall–Kier alpha value is -1.67. The second kappa shape index (κ2) is 5.37. The number of aliphatic imine (C=N–C) groups is 1. The molecule has 0 amide bonds. The largest absolute Gasteiger partial charge is 0.476 e. The molecule has 2 aliphatic rings. The van der Waals surface area contributed by atoms with Gasteiger partial charge in [-0.15, -0.1) is 0 Å². The number of rotatable bonds is 3. The van der Waals surface area contributed by atoms with Crippen molar-refractivity contribution < 1.29 is 33.3 Å². The maximum atomic E-state index is 11.7. The molecule has 0 aromatic rings. The van der Waals surface area contributed by atoms with E-state index in [0.29, 0.717) is 0 Å². The normalized spacial score (nSPS) is 31.4. The molecule has 8 nitrogen and oxygen atoms in total. The monoisotopic (exact) mass is 287 g/mol. The summed E-state index contributed by atoms with van der Waals surface area (Å²) in [6.07, 6.45) is -1.82. The van der Waals surface area contributed by atoms with E-state index in [1.54, 1.807) is 13.8 Å². The van der Waals surface area contributed by atoms with E-state index in [9.17, 15) is 9.59 Å². The fourth-order valence-electron chi connectivity index (χ4n) is 2.04. The smallest absolute Gasteiger partial charge is 0.338 e. The molecule has 3 atom stereocenters. The molecule has 0 N–H and O–H groups in total. The Bertz CT molecular complexity index is 445. The molecule has 2 heterocycles. The van der Waals surface area contributed by atoms with Crippen molar-refractivity contribution in [3.63, 3.8) is 0 Å². The predicted molar refractivity (Wildman–Crippen MR) is 65.0 cm³/mol. The van der Waals surface area contributed by atoms with Crippen molar-refractivity contribution in [2.45, 2.75) is 37.9 Å². The van der Waals surface area contributed by atoms with E-state index >= 15 is 0 Å². The van der Waals surface area contributed by atoms with Gasteiger partial charge in [-0.2, -0.15) is 0 Å². The number of hydrogen-bond donors (Lipinski definition) is 0. The van der Waals surface area contributed by atoms with E-state index < -0.39 is 36.0 Å². The number of ether oxygens (including phenoxy) is 5. The molecule has 0 spiro atoms. The first-order chi connectivity index (χ1) is 9.38. The highest BCUT2D eigenvalue weighted by atomic mass is 16.8. The van der Waals surface area contributed by atoms with Gasteiger partial charge in [-0.05, 0) is 13.8 Å². The van der Waals surface area contributed by atoms with Gasteiger partial charge in [0.2, 0.25) is 5.90 Å². The summed E-state index contributed by atoms with van der Waals surface area (Å²) in [5.74, 6) is -1.93. The first-order valence-corrected chi connectivity index (χ1v) is 6.09. The van der Waals surface area contributed by atoms with Crippen molar-refractivity contribution in [1.29, 1.82) is 0 Å². The van der Waals surface area contributed by atoms with Crippen molar-refractivity contribution in [3.05, 3.63) is 0 Å². The van der Waals surface area contributed by atoms with Gasteiger partial charge in [0, 0.05) is 0 Å². The number of hydrogen-bond acceptors (Lipinski definition) is 8. The molecule has 1 fully saturated rings. The summed E-state index contributed by atoms with van der Waals surface area (Å²) in [7, 11) is 2.52. The summed E-state index contributed by atoms with van der Waals surface area (Å²) in [5.41, 5.74) is 0. The summed E-state index contributed by atoms with van der Waals surface area (Å²) >= 11 is 0. The molecule has 0 saturated carbocycles. The Kier molecular flexibility index (Phi) is 3.96. The molecule has 0 aromatic carbocycles. The van der Waals surface area contributed by atoms with Crippen LogP contribution in [-0.2, 0) is 33.3 Å². The second-order valence-electron chi connectivity index (χ2n) is 4.82. The summed E-state index contributed by atoms with van der Waals surface area (Å²) in [6.45, 7) is 3.38. The third-order valence-electron chi connectivity index (χ3n) is 2.92. The molecule has 2 rings (SSSR count). The van der Waals surface area contributed by atoms with Crippen LogP contribution < -0.4 is 0 Å². The first kappa shape index (κ1) is 14.7. The minimum Gasteiger partial charge on any atom is -0.476 e. The van der Waals surface area contributed by atoms with Crippen LogP contribution in [0.5, 0.6) is 0 Å². The van der Waals surface area contributed by atoms with Gasteiger partial charge < -0.3 is 23.7 Å². The van der Waals surface area contributed by atoms with Crippen molar-refractivity contribution in [2.24, 2.45) is 4.99 Å². The van der Waals surface area contributed by atoms with Crippen LogP contribution in [0.3, 0.4) is 0 Å². The van der Waals surface area contributed by atoms with Crippen molar-refractivity contribution in [3.8, 4) is 0 Å². The lowest BCUT2D eigenvalue weighted by Crippen LogP contribution is -2.38. The van der Waals surface area contributed by atoms with Crippen LogP contribution >= 0.6 is 0 Å². The van der Waals surface area contributed by atoms with Crippen LogP contribution in [0.4, 0.5) is 0 Å². The maximum absolute atomic E-state index is 11.7. The lowest BCUT2D eigenvalue weighted by molar-refractivity contribution is -0.167. The van der Waals surface area contributed by atoms with Crippen LogP contribution in [-0.4, -0.2) is 62.7 Å². The molecule has 20 heavy (non-hydrogen) atoms. The molecular weight excluding hydrogens is 270 g/mol. The van der Waals surface area contributed by atoms with Crippen LogP contribution in [0.15, 0.2) is 4.99 Å². The Labute approximate surface area is 116 Å². The van der Waals surface area contributed by atoms with E-state index in [1.165, 1.54) is 14.2 Å². The minimum absolute atomic E-state index is 0.0518. The first-order valence-electron chi connectivity index (χ1n) is 6.09. The highest BCUT2D eigenvalue weighted by Gasteiger charge is 2.50. The summed E-state index contributed by atoms with van der Waals surface area (Å²) in [6, 6.07) is -0.749. The number of methoxy groups -OCH3 is 2. The lowest BCUT2D eigenvalue weighted by atomic mass is 10.2. The third-order valence-corrected chi connectivity index (χ3v) is 2.92. The minimum atomic E-state index is -0.981. The molecule has 112 valence electrons. The lowest BCUT2D eigenvalue weighted by Gasteiger charge is -2.16. The number of esters is 2. The predicted octanol–water partition coefficient (Wildman–Crippen LogP) is -0.350. The van der Waals surface area contributed by atoms with Gasteiger partial charge in [0.05, 0.1) is 14.2 Å². The summed E-state index contributed by atoms with van der Waals surface area (Å²) in [4.78, 5) is 27.2. The Morgan fingerprint density at radius 1 is 1.20 bits per heavy atom. The third kappa shape index (κ3) is 2.75.